The van der Waals surface area contributed by atoms with Crippen LogP contribution in [0.15, 0.2) is 97.2 Å². The molecule has 1 aromatic heterocycles. The van der Waals surface area contributed by atoms with Crippen molar-refractivity contribution in [2.75, 3.05) is 33.0 Å². The average Bonchev–Trinajstić information content (AvgIpc) is 3.23. The summed E-state index contributed by atoms with van der Waals surface area (Å²) in [6.07, 6.45) is 19.3. The number of benzene rings is 3. The van der Waals surface area contributed by atoms with Crippen molar-refractivity contribution in [2.45, 2.75) is 83.1 Å². The number of nitrogens with zero attached hydrogens (tertiary/aromatic N) is 1. The Kier molecular flexibility index (Phi) is 15.3. The molecule has 2 heterocycles. The van der Waals surface area contributed by atoms with Crippen molar-refractivity contribution in [3.05, 3.63) is 136 Å². The van der Waals surface area contributed by atoms with Crippen molar-refractivity contribution in [2.24, 2.45) is 17.8 Å². The van der Waals surface area contributed by atoms with E-state index in [9.17, 15) is 14.7 Å². The number of ether oxygens (including phenoxy) is 1. The largest absolute Gasteiger partial charge is 0.504 e. The maximum absolute atomic E-state index is 13.0. The first-order valence-electron chi connectivity index (χ1n) is 20.8. The molecule has 5 N–H and O–H groups in total. The molecule has 1 aliphatic carbocycles. The lowest BCUT2D eigenvalue weighted by molar-refractivity contribution is -0.124. The van der Waals surface area contributed by atoms with Crippen LogP contribution in [0.25, 0.3) is 6.08 Å². The van der Waals surface area contributed by atoms with Crippen LogP contribution in [0.2, 0.25) is 0 Å². The molecule has 8 heteroatoms. The van der Waals surface area contributed by atoms with Gasteiger partial charge in [-0.2, -0.15) is 0 Å². The van der Waals surface area contributed by atoms with Gasteiger partial charge in [0.1, 0.15) is 11.6 Å². The number of Topliss-reactive ketones (excluding diaryl/α,β-unsaturated/α-hetero) is 1. The summed E-state index contributed by atoms with van der Waals surface area (Å²) in [5.74, 6) is 2.47. The Morgan fingerprint density at radius 2 is 1.68 bits per heavy atom. The minimum atomic E-state index is -0.235. The summed E-state index contributed by atoms with van der Waals surface area (Å²) in [5.41, 5.74) is 13.7. The summed E-state index contributed by atoms with van der Waals surface area (Å²) in [7, 11) is 3.55. The third kappa shape index (κ3) is 12.0. The molecule has 0 spiro atoms. The first-order valence-corrected chi connectivity index (χ1v) is 20.8. The lowest BCUT2D eigenvalue weighted by Crippen LogP contribution is -2.47. The van der Waals surface area contributed by atoms with E-state index in [0.29, 0.717) is 48.2 Å². The van der Waals surface area contributed by atoms with Crippen molar-refractivity contribution in [1.82, 2.24) is 15.6 Å². The monoisotopic (exact) mass is 768 g/mol. The summed E-state index contributed by atoms with van der Waals surface area (Å²) in [6.45, 7) is 2.16. The number of aromatic nitrogens is 1. The Morgan fingerprint density at radius 1 is 0.912 bits per heavy atom. The van der Waals surface area contributed by atoms with Crippen LogP contribution in [-0.4, -0.2) is 54.9 Å². The quantitative estimate of drug-likeness (QED) is 0.0308. The highest BCUT2D eigenvalue weighted by atomic mass is 16.5. The Morgan fingerprint density at radius 3 is 2.47 bits per heavy atom. The molecule has 0 bridgehead atoms. The molecule has 4 unspecified atom stereocenters. The van der Waals surface area contributed by atoms with E-state index in [-0.39, 0.29) is 23.7 Å². The van der Waals surface area contributed by atoms with E-state index in [2.05, 4.69) is 83.3 Å². The summed E-state index contributed by atoms with van der Waals surface area (Å²) in [5, 5.41) is 17.8. The number of aryl methyl sites for hydroxylation is 4. The first kappa shape index (κ1) is 41.6. The number of nitrogen functional groups attached to an aromatic ring is 1. The standard InChI is InChI=1S/C49H60N4O4/c1-51-46-23-21-39-32-52-25-24-44(39)45(46)15-8-4-7-14-42(54)31-43(55)22-20-37-29-48(57-2)47(56)28-40(37)27-41-33-53-49(50)30-38(41)19-18-36-13-9-12-35(26-36)17-16-34-10-5-3-6-11-34/h3,5-6,9-13,20-23,26,28-30,33,39,44-46,51-52,56H,4,7-8,14-19,24-25,27,31-32H2,1-2H3,(H2,50,53). The van der Waals surface area contributed by atoms with Gasteiger partial charge in [-0.25, -0.2) is 4.98 Å². The fourth-order valence-corrected chi connectivity index (χ4v) is 8.82. The van der Waals surface area contributed by atoms with E-state index in [1.807, 2.05) is 12.1 Å². The molecule has 0 amide bonds. The number of ketones is 2. The van der Waals surface area contributed by atoms with Gasteiger partial charge in [0.2, 0.25) is 0 Å². The maximum atomic E-state index is 13.0. The molecule has 4 atom stereocenters. The zero-order chi connectivity index (χ0) is 40.0. The predicted molar refractivity (Wildman–Crippen MR) is 231 cm³/mol. The van der Waals surface area contributed by atoms with Gasteiger partial charge in [0.15, 0.2) is 17.3 Å². The Balaban J connectivity index is 1.03. The second-order valence-electron chi connectivity index (χ2n) is 15.9. The fourth-order valence-electron chi connectivity index (χ4n) is 8.82. The highest BCUT2D eigenvalue weighted by molar-refractivity contribution is 6.06. The zero-order valence-corrected chi connectivity index (χ0v) is 33.7. The van der Waals surface area contributed by atoms with Gasteiger partial charge in [-0.1, -0.05) is 85.7 Å². The minimum absolute atomic E-state index is 0.0143. The van der Waals surface area contributed by atoms with Crippen LogP contribution in [-0.2, 0) is 41.7 Å². The number of carbonyl (C=O) groups excluding carboxylic acids is 2. The van der Waals surface area contributed by atoms with Crippen LogP contribution < -0.4 is 21.1 Å². The van der Waals surface area contributed by atoms with E-state index < -0.39 is 0 Å². The number of methoxy groups -OCH3 is 1. The van der Waals surface area contributed by atoms with Gasteiger partial charge in [-0.05, 0) is 146 Å². The number of fused-ring (bicyclic) bond motifs is 1. The topological polar surface area (TPSA) is 127 Å². The van der Waals surface area contributed by atoms with Gasteiger partial charge in [0.05, 0.1) is 13.5 Å². The van der Waals surface area contributed by atoms with Gasteiger partial charge in [0.25, 0.3) is 0 Å². The summed E-state index contributed by atoms with van der Waals surface area (Å²) in [6, 6.07) is 25.1. The number of anilines is 1. The third-order valence-corrected chi connectivity index (χ3v) is 12.0. The van der Waals surface area contributed by atoms with Gasteiger partial charge in [-0.15, -0.1) is 0 Å². The molecule has 3 aromatic carbocycles. The Labute approximate surface area is 339 Å². The van der Waals surface area contributed by atoms with Crippen LogP contribution in [0.3, 0.4) is 0 Å². The molecule has 8 nitrogen and oxygen atoms in total. The molecule has 4 aromatic rings. The second kappa shape index (κ2) is 20.9. The van der Waals surface area contributed by atoms with Crippen molar-refractivity contribution in [1.29, 1.82) is 0 Å². The molecule has 0 radical (unpaired) electrons. The van der Waals surface area contributed by atoms with E-state index in [1.165, 1.54) is 36.3 Å². The summed E-state index contributed by atoms with van der Waals surface area (Å²) in [4.78, 5) is 30.3. The highest BCUT2D eigenvalue weighted by Crippen LogP contribution is 2.38. The van der Waals surface area contributed by atoms with Crippen molar-refractivity contribution < 1.29 is 19.4 Å². The molecule has 6 rings (SSSR count). The van der Waals surface area contributed by atoms with Gasteiger partial charge in [-0.3, -0.25) is 9.59 Å². The van der Waals surface area contributed by atoms with Crippen molar-refractivity contribution in [3.63, 3.8) is 0 Å². The third-order valence-electron chi connectivity index (χ3n) is 12.0. The van der Waals surface area contributed by atoms with E-state index in [0.717, 1.165) is 86.7 Å². The normalized spacial score (nSPS) is 19.1. The number of phenols is 1. The van der Waals surface area contributed by atoms with Crippen LogP contribution in [0.5, 0.6) is 11.5 Å². The van der Waals surface area contributed by atoms with Crippen LogP contribution in [0.1, 0.15) is 83.9 Å². The smallest absolute Gasteiger partial charge is 0.163 e. The van der Waals surface area contributed by atoms with E-state index in [1.54, 1.807) is 24.4 Å². The number of rotatable bonds is 20. The van der Waals surface area contributed by atoms with Gasteiger partial charge < -0.3 is 26.2 Å². The highest BCUT2D eigenvalue weighted by Gasteiger charge is 2.36. The molecule has 300 valence electrons. The second-order valence-corrected chi connectivity index (χ2v) is 15.9. The van der Waals surface area contributed by atoms with Crippen LogP contribution in [0.4, 0.5) is 5.82 Å². The molecule has 57 heavy (non-hydrogen) atoms. The molecule has 1 aliphatic heterocycles. The fraction of sp³-hybridized carbons (Fsp3) is 0.408. The number of nitrogens with one attached hydrogen (secondary N) is 2. The number of allylic oxidation sites excluding steroid dienone is 1. The van der Waals surface area contributed by atoms with Crippen molar-refractivity contribution >= 4 is 23.5 Å². The maximum Gasteiger partial charge on any atom is 0.163 e. The van der Waals surface area contributed by atoms with Crippen LogP contribution in [0, 0.1) is 17.8 Å². The molecule has 2 aliphatic rings. The average molecular weight is 769 g/mol. The molecule has 0 saturated carbocycles. The lowest BCUT2D eigenvalue weighted by atomic mass is 9.68. The summed E-state index contributed by atoms with van der Waals surface area (Å²) < 4.78 is 5.42. The number of aromatic hydroxyl groups is 1. The first-order chi connectivity index (χ1) is 27.8. The number of unbranched alkanes of at least 4 members (excludes halogenated alkanes) is 2. The number of phenolic OH excluding ortho intramolecular Hbond substituents is 1. The number of hydrogen-bond donors (Lipinski definition) is 4. The number of pyridine rings is 1. The number of nitrogens with two attached hydrogens (primary N) is 1. The number of hydrogen-bond acceptors (Lipinski definition) is 8. The zero-order valence-electron chi connectivity index (χ0n) is 33.7. The van der Waals surface area contributed by atoms with E-state index >= 15 is 0 Å². The minimum Gasteiger partial charge on any atom is -0.504 e. The Bertz CT molecular complexity index is 2010. The summed E-state index contributed by atoms with van der Waals surface area (Å²) >= 11 is 0. The van der Waals surface area contributed by atoms with Gasteiger partial charge in [0, 0.05) is 25.2 Å². The Hall–Kier alpha value is -5.05. The number of likely N-dealkylation sites (N-methyl/N-ethyl adjacent to an activating group) is 1. The van der Waals surface area contributed by atoms with E-state index in [4.69, 9.17) is 10.5 Å². The predicted octanol–water partition coefficient (Wildman–Crippen LogP) is 8.03. The van der Waals surface area contributed by atoms with Crippen molar-refractivity contribution in [3.8, 4) is 11.5 Å². The molecular formula is C49H60N4O4. The lowest BCUT2D eigenvalue weighted by Gasteiger charge is -2.42. The number of piperidine rings is 1. The molecule has 1 fully saturated rings. The number of carbonyl (C=O) groups is 2. The molecule has 1 saturated heterocycles. The SMILES string of the molecule is CNC1C=CC2CNCCC2C1CCCCCC(=O)CC(=O)C=Cc1cc(OC)c(O)cc1Cc1cnc(N)cc1CCc1cccc(CCc2ccccc2)c1. The van der Waals surface area contributed by atoms with Crippen LogP contribution >= 0.6 is 0 Å². The van der Waals surface area contributed by atoms with Gasteiger partial charge >= 0.3 is 0 Å². The molecular weight excluding hydrogens is 709 g/mol.